The van der Waals surface area contributed by atoms with Crippen molar-refractivity contribution in [2.45, 2.75) is 19.4 Å². The highest BCUT2D eigenvalue weighted by Gasteiger charge is 2.12. The van der Waals surface area contributed by atoms with Crippen molar-refractivity contribution >= 4 is 0 Å². The maximum Gasteiger partial charge on any atom is 0.131 e. The smallest absolute Gasteiger partial charge is 0.131 e. The van der Waals surface area contributed by atoms with Gasteiger partial charge in [0.15, 0.2) is 0 Å². The molecule has 1 aromatic carbocycles. The normalized spacial score (nSPS) is 12.9. The number of benzene rings is 1. The van der Waals surface area contributed by atoms with Crippen LogP contribution in [0.5, 0.6) is 0 Å². The molecule has 1 rings (SSSR count). The Labute approximate surface area is 77.2 Å². The highest BCUT2D eigenvalue weighted by atomic mass is 19.1. The zero-order valence-electron chi connectivity index (χ0n) is 7.63. The maximum atomic E-state index is 13.4. The molecule has 3 heteroatoms. The monoisotopic (exact) mass is 183 g/mol. The summed E-state index contributed by atoms with van der Waals surface area (Å²) in [4.78, 5) is 0. The first-order valence-electron chi connectivity index (χ1n) is 4.30. The molecule has 0 unspecified atom stereocenters. The Kier molecular flexibility index (Phi) is 3.39. The van der Waals surface area contributed by atoms with E-state index in [1.165, 1.54) is 0 Å². The van der Waals surface area contributed by atoms with Crippen LogP contribution >= 0.6 is 0 Å². The van der Waals surface area contributed by atoms with Crippen LogP contribution in [0.15, 0.2) is 18.2 Å². The first kappa shape index (κ1) is 10.2. The Morgan fingerprint density at radius 3 is 2.85 bits per heavy atom. The molecule has 0 amide bonds. The lowest BCUT2D eigenvalue weighted by atomic mass is 10.0. The zero-order chi connectivity index (χ0) is 9.84. The van der Waals surface area contributed by atoms with Crippen molar-refractivity contribution in [1.29, 1.82) is 0 Å². The summed E-state index contributed by atoms with van der Waals surface area (Å²) in [6.07, 6.45) is -0.398. The van der Waals surface area contributed by atoms with Gasteiger partial charge in [-0.05, 0) is 25.5 Å². The Balaban J connectivity index is 2.93. The fraction of sp³-hybridized carbons (Fsp3) is 0.400. The molecule has 0 saturated heterocycles. The average Bonchev–Trinajstić information content (AvgIpc) is 2.10. The van der Waals surface area contributed by atoms with E-state index in [4.69, 9.17) is 5.73 Å². The van der Waals surface area contributed by atoms with Gasteiger partial charge in [-0.25, -0.2) is 4.39 Å². The lowest BCUT2D eigenvalue weighted by Gasteiger charge is -2.11. The second kappa shape index (κ2) is 4.35. The zero-order valence-corrected chi connectivity index (χ0v) is 7.63. The topological polar surface area (TPSA) is 46.2 Å². The predicted molar refractivity (Wildman–Crippen MR) is 49.8 cm³/mol. The first-order chi connectivity index (χ1) is 6.16. The van der Waals surface area contributed by atoms with Gasteiger partial charge in [-0.2, -0.15) is 0 Å². The van der Waals surface area contributed by atoms with Gasteiger partial charge in [-0.15, -0.1) is 0 Å². The van der Waals surface area contributed by atoms with Gasteiger partial charge in [0, 0.05) is 5.56 Å². The van der Waals surface area contributed by atoms with Crippen LogP contribution in [0.3, 0.4) is 0 Å². The first-order valence-corrected chi connectivity index (χ1v) is 4.30. The molecular formula is C10H14FNO. The molecule has 0 bridgehead atoms. The Morgan fingerprint density at radius 1 is 1.54 bits per heavy atom. The summed E-state index contributed by atoms with van der Waals surface area (Å²) in [5.41, 5.74) is 6.16. The van der Waals surface area contributed by atoms with Gasteiger partial charge in [0.05, 0.1) is 6.10 Å². The third kappa shape index (κ3) is 2.26. The molecule has 1 atom stereocenters. The van der Waals surface area contributed by atoms with E-state index in [1.54, 1.807) is 25.1 Å². The van der Waals surface area contributed by atoms with E-state index in [-0.39, 0.29) is 5.82 Å². The van der Waals surface area contributed by atoms with Crippen LogP contribution < -0.4 is 5.73 Å². The van der Waals surface area contributed by atoms with Crippen molar-refractivity contribution in [2.24, 2.45) is 5.73 Å². The van der Waals surface area contributed by atoms with Crippen LogP contribution in [-0.2, 0) is 0 Å². The molecule has 0 aliphatic carbocycles. The van der Waals surface area contributed by atoms with E-state index in [9.17, 15) is 9.50 Å². The van der Waals surface area contributed by atoms with E-state index < -0.39 is 6.10 Å². The van der Waals surface area contributed by atoms with E-state index in [1.807, 2.05) is 0 Å². The molecular weight excluding hydrogens is 169 g/mol. The van der Waals surface area contributed by atoms with Gasteiger partial charge in [0.1, 0.15) is 5.82 Å². The van der Waals surface area contributed by atoms with Crippen molar-refractivity contribution in [1.82, 2.24) is 0 Å². The SMILES string of the molecule is Cc1cccc([C@H](O)CCN)c1F. The second-order valence-corrected chi connectivity index (χ2v) is 3.07. The number of aliphatic hydroxyl groups excluding tert-OH is 1. The molecule has 1 aromatic rings. The summed E-state index contributed by atoms with van der Waals surface area (Å²) in [6.45, 7) is 2.03. The highest BCUT2D eigenvalue weighted by Crippen LogP contribution is 2.21. The number of rotatable bonds is 3. The largest absolute Gasteiger partial charge is 0.388 e. The molecule has 0 aromatic heterocycles. The summed E-state index contributed by atoms with van der Waals surface area (Å²) >= 11 is 0. The third-order valence-corrected chi connectivity index (χ3v) is 2.02. The molecule has 0 saturated carbocycles. The molecule has 2 nitrogen and oxygen atoms in total. The Hall–Kier alpha value is -0.930. The molecule has 0 radical (unpaired) electrons. The molecule has 72 valence electrons. The second-order valence-electron chi connectivity index (χ2n) is 3.07. The number of hydrogen-bond acceptors (Lipinski definition) is 2. The average molecular weight is 183 g/mol. The fourth-order valence-electron chi connectivity index (χ4n) is 1.24. The summed E-state index contributed by atoms with van der Waals surface area (Å²) in [5.74, 6) is -0.330. The lowest BCUT2D eigenvalue weighted by molar-refractivity contribution is 0.165. The van der Waals surface area contributed by atoms with Crippen LogP contribution in [0.2, 0.25) is 0 Å². The minimum atomic E-state index is -0.787. The minimum absolute atomic E-state index is 0.330. The van der Waals surface area contributed by atoms with Crippen LogP contribution in [0, 0.1) is 12.7 Å². The fourth-order valence-corrected chi connectivity index (χ4v) is 1.24. The van der Waals surface area contributed by atoms with Gasteiger partial charge >= 0.3 is 0 Å². The van der Waals surface area contributed by atoms with Gasteiger partial charge in [0.25, 0.3) is 0 Å². The Bertz CT molecular complexity index is 288. The number of hydrogen-bond donors (Lipinski definition) is 2. The van der Waals surface area contributed by atoms with Gasteiger partial charge < -0.3 is 10.8 Å². The number of aryl methyl sites for hydroxylation is 1. The number of nitrogens with two attached hydrogens (primary N) is 1. The number of halogens is 1. The maximum absolute atomic E-state index is 13.4. The molecule has 0 aliphatic rings. The summed E-state index contributed by atoms with van der Waals surface area (Å²) in [6, 6.07) is 4.99. The van der Waals surface area contributed by atoms with Crippen molar-refractivity contribution in [3.63, 3.8) is 0 Å². The van der Waals surface area contributed by atoms with Crippen molar-refractivity contribution in [2.75, 3.05) is 6.54 Å². The van der Waals surface area contributed by atoms with Gasteiger partial charge in [0.2, 0.25) is 0 Å². The molecule has 0 aliphatic heterocycles. The summed E-state index contributed by atoms with van der Waals surface area (Å²) < 4.78 is 13.4. The molecule has 0 spiro atoms. The van der Waals surface area contributed by atoms with E-state index in [0.29, 0.717) is 24.1 Å². The molecule has 3 N–H and O–H groups in total. The van der Waals surface area contributed by atoms with Crippen LogP contribution in [0.25, 0.3) is 0 Å². The highest BCUT2D eigenvalue weighted by molar-refractivity contribution is 5.26. The van der Waals surface area contributed by atoms with Crippen LogP contribution in [0.4, 0.5) is 4.39 Å². The van der Waals surface area contributed by atoms with E-state index in [0.717, 1.165) is 0 Å². The lowest BCUT2D eigenvalue weighted by Crippen LogP contribution is -2.08. The summed E-state index contributed by atoms with van der Waals surface area (Å²) in [7, 11) is 0. The van der Waals surface area contributed by atoms with Crippen molar-refractivity contribution < 1.29 is 9.50 Å². The van der Waals surface area contributed by atoms with E-state index in [2.05, 4.69) is 0 Å². The van der Waals surface area contributed by atoms with E-state index >= 15 is 0 Å². The van der Waals surface area contributed by atoms with Crippen molar-refractivity contribution in [3.8, 4) is 0 Å². The molecule has 0 fully saturated rings. The summed E-state index contributed by atoms with van der Waals surface area (Å²) in [5, 5.41) is 9.51. The number of aliphatic hydroxyl groups is 1. The quantitative estimate of drug-likeness (QED) is 0.746. The molecule has 13 heavy (non-hydrogen) atoms. The third-order valence-electron chi connectivity index (χ3n) is 2.02. The van der Waals surface area contributed by atoms with Gasteiger partial charge in [-0.3, -0.25) is 0 Å². The van der Waals surface area contributed by atoms with Crippen LogP contribution in [0.1, 0.15) is 23.7 Å². The Morgan fingerprint density at radius 2 is 2.23 bits per heavy atom. The van der Waals surface area contributed by atoms with Gasteiger partial charge in [-0.1, -0.05) is 18.2 Å². The van der Waals surface area contributed by atoms with Crippen LogP contribution in [-0.4, -0.2) is 11.7 Å². The minimum Gasteiger partial charge on any atom is -0.388 e. The van der Waals surface area contributed by atoms with Crippen molar-refractivity contribution in [3.05, 3.63) is 35.1 Å². The standard InChI is InChI=1S/C10H14FNO/c1-7-3-2-4-8(10(7)11)9(13)5-6-12/h2-4,9,13H,5-6,12H2,1H3/t9-/m1/s1. The predicted octanol–water partition coefficient (Wildman–Crippen LogP) is 1.52. The molecule has 0 heterocycles.